The molecule has 0 radical (unpaired) electrons. The van der Waals surface area contributed by atoms with E-state index in [0.717, 1.165) is 24.6 Å². The molecule has 1 aromatic carbocycles. The number of carbonyl (C=O) groups is 2. The van der Waals surface area contributed by atoms with E-state index >= 15 is 0 Å². The zero-order chi connectivity index (χ0) is 20.6. The quantitative estimate of drug-likeness (QED) is 0.678. The fourth-order valence-corrected chi connectivity index (χ4v) is 5.80. The maximum atomic E-state index is 13.4. The summed E-state index contributed by atoms with van der Waals surface area (Å²) in [5.74, 6) is -1.06. The summed E-state index contributed by atoms with van der Waals surface area (Å²) in [7, 11) is -3.98. The van der Waals surface area contributed by atoms with Crippen molar-refractivity contribution in [3.05, 3.63) is 18.2 Å². The molecule has 1 aliphatic heterocycles. The van der Waals surface area contributed by atoms with Crippen LogP contribution in [-0.2, 0) is 24.3 Å². The Morgan fingerprint density at radius 3 is 2.79 bits per heavy atom. The first-order chi connectivity index (χ1) is 13.9. The minimum atomic E-state index is -3.98. The van der Waals surface area contributed by atoms with Crippen molar-refractivity contribution in [2.45, 2.75) is 62.1 Å². The Labute approximate surface area is 172 Å². The number of nitrogens with zero attached hydrogens (tertiary/aromatic N) is 3. The second-order valence-electron chi connectivity index (χ2n) is 7.38. The van der Waals surface area contributed by atoms with Gasteiger partial charge in [0.1, 0.15) is 22.0 Å². The van der Waals surface area contributed by atoms with E-state index in [1.807, 2.05) is 0 Å². The fraction of sp³-hybridized carbons (Fsp3) is 0.556. The summed E-state index contributed by atoms with van der Waals surface area (Å²) in [5, 5.41) is 2.78. The molecule has 11 heteroatoms. The molecule has 0 bridgehead atoms. The van der Waals surface area contributed by atoms with E-state index in [1.54, 1.807) is 12.1 Å². The van der Waals surface area contributed by atoms with Crippen molar-refractivity contribution in [3.8, 4) is 0 Å². The molecule has 1 saturated carbocycles. The van der Waals surface area contributed by atoms with Gasteiger partial charge in [0.2, 0.25) is 10.0 Å². The van der Waals surface area contributed by atoms with Gasteiger partial charge in [-0.3, -0.25) is 9.59 Å². The average Bonchev–Trinajstić information content (AvgIpc) is 3.39. The molecule has 1 N–H and O–H groups in total. The highest BCUT2D eigenvalue weighted by Gasteiger charge is 2.40. The molecule has 2 aliphatic rings. The predicted octanol–water partition coefficient (Wildman–Crippen LogP) is 1.44. The Morgan fingerprint density at radius 2 is 2.03 bits per heavy atom. The van der Waals surface area contributed by atoms with Crippen molar-refractivity contribution in [1.29, 1.82) is 0 Å². The number of piperidine rings is 1. The number of nitrogens with one attached hydrogen (secondary N) is 1. The molecule has 2 heterocycles. The van der Waals surface area contributed by atoms with E-state index in [4.69, 9.17) is 4.74 Å². The minimum Gasteiger partial charge on any atom is -0.451 e. The summed E-state index contributed by atoms with van der Waals surface area (Å²) in [5.41, 5.74) is 0.796. The van der Waals surface area contributed by atoms with Crippen molar-refractivity contribution in [1.82, 2.24) is 18.4 Å². The Kier molecular flexibility index (Phi) is 5.54. The number of carbonyl (C=O) groups excluding carboxylic acids is 2. The standard InChI is InChI=1S/C18H22N4O5S2/c1-11(17(23)19-12-8-9-12)27-18(24)14-6-2-3-10-22(14)29(25,26)15-7-4-5-13-16(15)21-28-20-13/h4-5,7,11-12,14H,2-3,6,8-10H2,1H3,(H,19,23)/t11-,14+/m0/s1. The van der Waals surface area contributed by atoms with E-state index in [0.29, 0.717) is 30.3 Å². The highest BCUT2D eigenvalue weighted by atomic mass is 32.2. The van der Waals surface area contributed by atoms with Crippen molar-refractivity contribution < 1.29 is 22.7 Å². The van der Waals surface area contributed by atoms with Crippen LogP contribution in [-0.4, -0.2) is 58.1 Å². The number of amides is 1. The second-order valence-corrected chi connectivity index (χ2v) is 9.76. The summed E-state index contributed by atoms with van der Waals surface area (Å²) < 4.78 is 41.4. The molecule has 1 saturated heterocycles. The molecule has 156 valence electrons. The maximum Gasteiger partial charge on any atom is 0.325 e. The molecule has 2 aromatic rings. The van der Waals surface area contributed by atoms with Gasteiger partial charge in [-0.15, -0.1) is 0 Å². The average molecular weight is 439 g/mol. The highest BCUT2D eigenvalue weighted by molar-refractivity contribution is 7.89. The molecule has 0 spiro atoms. The van der Waals surface area contributed by atoms with Crippen LogP contribution in [0.5, 0.6) is 0 Å². The van der Waals surface area contributed by atoms with Crippen LogP contribution in [0.4, 0.5) is 0 Å². The number of esters is 1. The highest BCUT2D eigenvalue weighted by Crippen LogP contribution is 2.30. The topological polar surface area (TPSA) is 119 Å². The summed E-state index contributed by atoms with van der Waals surface area (Å²) in [4.78, 5) is 24.9. The van der Waals surface area contributed by atoms with Crippen molar-refractivity contribution in [3.63, 3.8) is 0 Å². The lowest BCUT2D eigenvalue weighted by Gasteiger charge is -2.33. The van der Waals surface area contributed by atoms with E-state index in [-0.39, 0.29) is 23.4 Å². The molecule has 2 fully saturated rings. The van der Waals surface area contributed by atoms with E-state index in [9.17, 15) is 18.0 Å². The van der Waals surface area contributed by atoms with Crippen LogP contribution >= 0.6 is 11.7 Å². The number of hydrogen-bond acceptors (Lipinski definition) is 8. The Hall–Kier alpha value is -2.11. The van der Waals surface area contributed by atoms with Crippen LogP contribution < -0.4 is 5.32 Å². The van der Waals surface area contributed by atoms with Crippen LogP contribution in [0.3, 0.4) is 0 Å². The fourth-order valence-electron chi connectivity index (χ4n) is 3.40. The van der Waals surface area contributed by atoms with Gasteiger partial charge in [0, 0.05) is 12.6 Å². The van der Waals surface area contributed by atoms with Gasteiger partial charge in [-0.25, -0.2) is 8.42 Å². The lowest BCUT2D eigenvalue weighted by atomic mass is 10.1. The van der Waals surface area contributed by atoms with Crippen molar-refractivity contribution in [2.24, 2.45) is 0 Å². The zero-order valence-electron chi connectivity index (χ0n) is 15.9. The smallest absolute Gasteiger partial charge is 0.325 e. The second kappa shape index (κ2) is 7.96. The number of ether oxygens (including phenoxy) is 1. The third-order valence-electron chi connectivity index (χ3n) is 5.15. The zero-order valence-corrected chi connectivity index (χ0v) is 17.5. The number of rotatable bonds is 6. The van der Waals surface area contributed by atoms with Gasteiger partial charge < -0.3 is 10.1 Å². The van der Waals surface area contributed by atoms with Gasteiger partial charge in [0.05, 0.1) is 11.7 Å². The van der Waals surface area contributed by atoms with Gasteiger partial charge in [0.15, 0.2) is 6.10 Å². The molecule has 0 unspecified atom stereocenters. The molecule has 2 atom stereocenters. The van der Waals surface area contributed by atoms with Gasteiger partial charge in [-0.05, 0) is 51.2 Å². The SMILES string of the molecule is C[C@H](OC(=O)[C@H]1CCCCN1S(=O)(=O)c1cccc2nsnc12)C(=O)NC1CC1. The third-order valence-corrected chi connectivity index (χ3v) is 7.63. The molecule has 4 rings (SSSR count). The van der Waals surface area contributed by atoms with E-state index in [2.05, 4.69) is 14.1 Å². The first-order valence-electron chi connectivity index (χ1n) is 9.62. The molecular weight excluding hydrogens is 416 g/mol. The molecule has 29 heavy (non-hydrogen) atoms. The largest absolute Gasteiger partial charge is 0.451 e. The summed E-state index contributed by atoms with van der Waals surface area (Å²) >= 11 is 0.939. The van der Waals surface area contributed by atoms with Gasteiger partial charge >= 0.3 is 5.97 Å². The van der Waals surface area contributed by atoms with Crippen LogP contribution in [0.2, 0.25) is 0 Å². The lowest BCUT2D eigenvalue weighted by Crippen LogP contribution is -2.50. The van der Waals surface area contributed by atoms with Crippen LogP contribution in [0.1, 0.15) is 39.0 Å². The minimum absolute atomic E-state index is 0.0305. The molecular formula is C18H22N4O5S2. The molecule has 9 nitrogen and oxygen atoms in total. The normalized spacial score (nSPS) is 21.6. The Bertz CT molecular complexity index is 1030. The molecule has 1 amide bonds. The van der Waals surface area contributed by atoms with E-state index < -0.39 is 28.1 Å². The number of sulfonamides is 1. The van der Waals surface area contributed by atoms with Gasteiger partial charge in [0.25, 0.3) is 5.91 Å². The van der Waals surface area contributed by atoms with Crippen LogP contribution in [0, 0.1) is 0 Å². The van der Waals surface area contributed by atoms with Crippen LogP contribution in [0.15, 0.2) is 23.1 Å². The molecule has 1 aromatic heterocycles. The van der Waals surface area contributed by atoms with Gasteiger partial charge in [-0.1, -0.05) is 6.07 Å². The Balaban J connectivity index is 1.55. The summed E-state index contributed by atoms with van der Waals surface area (Å²) in [6.45, 7) is 1.71. The summed E-state index contributed by atoms with van der Waals surface area (Å²) in [6, 6.07) is 3.97. The predicted molar refractivity (Wildman–Crippen MR) is 106 cm³/mol. The third kappa shape index (κ3) is 4.12. The van der Waals surface area contributed by atoms with E-state index in [1.165, 1.54) is 17.3 Å². The first kappa shape index (κ1) is 20.2. The Morgan fingerprint density at radius 1 is 1.24 bits per heavy atom. The first-order valence-corrected chi connectivity index (χ1v) is 11.8. The van der Waals surface area contributed by atoms with Crippen LogP contribution in [0.25, 0.3) is 11.0 Å². The number of benzene rings is 1. The summed E-state index contributed by atoms with van der Waals surface area (Å²) in [6.07, 6.45) is 2.58. The monoisotopic (exact) mass is 438 g/mol. The number of fused-ring (bicyclic) bond motifs is 1. The van der Waals surface area contributed by atoms with Gasteiger partial charge in [-0.2, -0.15) is 13.1 Å². The van der Waals surface area contributed by atoms with Crippen molar-refractivity contribution in [2.75, 3.05) is 6.54 Å². The molecule has 1 aliphatic carbocycles. The number of aromatic nitrogens is 2. The van der Waals surface area contributed by atoms with Crippen molar-refractivity contribution >= 4 is 44.7 Å². The number of hydrogen-bond donors (Lipinski definition) is 1. The maximum absolute atomic E-state index is 13.4. The lowest BCUT2D eigenvalue weighted by molar-refractivity contribution is -0.159.